The third-order valence-electron chi connectivity index (χ3n) is 2.13. The molecule has 17 heavy (non-hydrogen) atoms. The molecule has 0 saturated heterocycles. The maximum absolute atomic E-state index is 13.8. The zero-order valence-corrected chi connectivity index (χ0v) is 11.0. The monoisotopic (exact) mass is 318 g/mol. The number of nitrogens with zero attached hydrogens (tertiary/aromatic N) is 2. The predicted octanol–water partition coefficient (Wildman–Crippen LogP) is 4.15. The molecule has 1 heterocycles. The van der Waals surface area contributed by atoms with Gasteiger partial charge in [0.15, 0.2) is 0 Å². The Kier molecular flexibility index (Phi) is 3.40. The van der Waals surface area contributed by atoms with E-state index in [4.69, 9.17) is 11.6 Å². The van der Waals surface area contributed by atoms with Gasteiger partial charge in [-0.3, -0.25) is 0 Å². The van der Waals surface area contributed by atoms with Crippen molar-refractivity contribution in [2.75, 3.05) is 0 Å². The summed E-state index contributed by atoms with van der Waals surface area (Å²) in [5, 5.41) is -0.0428. The zero-order valence-electron chi connectivity index (χ0n) is 8.64. The summed E-state index contributed by atoms with van der Waals surface area (Å²) in [6, 6.07) is 3.93. The molecule has 1 aromatic heterocycles. The molecular weight excluding hydrogens is 313 g/mol. The lowest BCUT2D eigenvalue weighted by molar-refractivity contribution is 0.584. The zero-order chi connectivity index (χ0) is 12.6. The molecule has 0 saturated carbocycles. The van der Waals surface area contributed by atoms with Gasteiger partial charge in [-0.15, -0.1) is 0 Å². The SMILES string of the molecule is Cc1cc(-c2c(F)ccc(Br)c2F)nc(Cl)n1. The molecule has 0 radical (unpaired) electrons. The van der Waals surface area contributed by atoms with Crippen LogP contribution in [0.25, 0.3) is 11.3 Å². The summed E-state index contributed by atoms with van der Waals surface area (Å²) in [7, 11) is 0. The summed E-state index contributed by atoms with van der Waals surface area (Å²) in [6.07, 6.45) is 0. The van der Waals surface area contributed by atoms with Gasteiger partial charge in [-0.1, -0.05) is 0 Å². The Labute approximate surface area is 110 Å². The van der Waals surface area contributed by atoms with E-state index in [2.05, 4.69) is 25.9 Å². The fraction of sp³-hybridized carbons (Fsp3) is 0.0909. The predicted molar refractivity (Wildman–Crippen MR) is 64.8 cm³/mol. The molecule has 0 N–H and O–H groups in total. The van der Waals surface area contributed by atoms with Gasteiger partial charge in [0.2, 0.25) is 5.28 Å². The lowest BCUT2D eigenvalue weighted by Gasteiger charge is -2.06. The maximum atomic E-state index is 13.8. The van der Waals surface area contributed by atoms with Gasteiger partial charge in [0.25, 0.3) is 0 Å². The standard InChI is InChI=1S/C11H6BrClF2N2/c1-5-4-8(17-11(13)16-5)9-7(14)3-2-6(12)10(9)15/h2-4H,1H3. The molecule has 2 aromatic rings. The third kappa shape index (κ3) is 2.45. The first-order valence-corrected chi connectivity index (χ1v) is 5.81. The molecule has 0 bridgehead atoms. The highest BCUT2D eigenvalue weighted by Gasteiger charge is 2.16. The second-order valence-corrected chi connectivity index (χ2v) is 4.57. The minimum Gasteiger partial charge on any atom is -0.223 e. The summed E-state index contributed by atoms with van der Waals surface area (Å²) < 4.78 is 27.6. The molecular formula is C11H6BrClF2N2. The smallest absolute Gasteiger partial charge is 0.223 e. The number of rotatable bonds is 1. The molecule has 88 valence electrons. The van der Waals surface area contributed by atoms with E-state index in [1.807, 2.05) is 0 Å². The molecule has 0 aliphatic carbocycles. The van der Waals surface area contributed by atoms with Crippen molar-refractivity contribution in [3.63, 3.8) is 0 Å². The van der Waals surface area contributed by atoms with Crippen molar-refractivity contribution >= 4 is 27.5 Å². The van der Waals surface area contributed by atoms with Gasteiger partial charge in [0, 0.05) is 5.69 Å². The highest BCUT2D eigenvalue weighted by molar-refractivity contribution is 9.10. The first-order chi connectivity index (χ1) is 7.99. The summed E-state index contributed by atoms with van der Waals surface area (Å²) >= 11 is 8.66. The number of hydrogen-bond donors (Lipinski definition) is 0. The molecule has 0 aliphatic rings. The van der Waals surface area contributed by atoms with Gasteiger partial charge in [-0.2, -0.15) is 0 Å². The molecule has 0 amide bonds. The van der Waals surface area contributed by atoms with Crippen LogP contribution in [0, 0.1) is 18.6 Å². The lowest BCUT2D eigenvalue weighted by atomic mass is 10.1. The number of hydrogen-bond acceptors (Lipinski definition) is 2. The van der Waals surface area contributed by atoms with E-state index in [1.165, 1.54) is 12.1 Å². The largest absolute Gasteiger partial charge is 0.223 e. The first-order valence-electron chi connectivity index (χ1n) is 4.64. The molecule has 6 heteroatoms. The van der Waals surface area contributed by atoms with Crippen molar-refractivity contribution in [1.82, 2.24) is 9.97 Å². The van der Waals surface area contributed by atoms with E-state index in [-0.39, 0.29) is 21.0 Å². The first kappa shape index (κ1) is 12.4. The van der Waals surface area contributed by atoms with E-state index in [1.54, 1.807) is 6.92 Å². The minimum atomic E-state index is -0.709. The molecule has 0 unspecified atom stereocenters. The molecule has 0 fully saturated rings. The van der Waals surface area contributed by atoms with Gasteiger partial charge < -0.3 is 0 Å². The molecule has 2 nitrogen and oxygen atoms in total. The summed E-state index contributed by atoms with van der Waals surface area (Å²) in [6.45, 7) is 1.67. The van der Waals surface area contributed by atoms with Crippen molar-refractivity contribution < 1.29 is 8.78 Å². The summed E-state index contributed by atoms with van der Waals surface area (Å²) in [5.41, 5.74) is 0.448. The van der Waals surface area contributed by atoms with Crippen molar-refractivity contribution in [2.45, 2.75) is 6.92 Å². The van der Waals surface area contributed by atoms with E-state index >= 15 is 0 Å². The molecule has 0 spiro atoms. The summed E-state index contributed by atoms with van der Waals surface area (Å²) in [4.78, 5) is 7.66. The van der Waals surface area contributed by atoms with E-state index < -0.39 is 11.6 Å². The van der Waals surface area contributed by atoms with E-state index in [0.29, 0.717) is 5.69 Å². The fourth-order valence-corrected chi connectivity index (χ4v) is 1.98. The second kappa shape index (κ2) is 4.66. The average Bonchev–Trinajstić information content (AvgIpc) is 2.23. The number of halogens is 4. The van der Waals surface area contributed by atoms with Crippen LogP contribution in [-0.4, -0.2) is 9.97 Å². The minimum absolute atomic E-state index is 0.0428. The van der Waals surface area contributed by atoms with Crippen molar-refractivity contribution in [2.24, 2.45) is 0 Å². The Morgan fingerprint density at radius 3 is 2.59 bits per heavy atom. The van der Waals surface area contributed by atoms with Crippen molar-refractivity contribution in [1.29, 1.82) is 0 Å². The van der Waals surface area contributed by atoms with E-state index in [9.17, 15) is 8.78 Å². The van der Waals surface area contributed by atoms with Crippen LogP contribution in [0.15, 0.2) is 22.7 Å². The Morgan fingerprint density at radius 2 is 1.94 bits per heavy atom. The van der Waals surface area contributed by atoms with Crippen LogP contribution in [0.1, 0.15) is 5.69 Å². The maximum Gasteiger partial charge on any atom is 0.223 e. The van der Waals surface area contributed by atoms with Gasteiger partial charge in [-0.05, 0) is 52.7 Å². The number of benzene rings is 1. The Bertz CT molecular complexity index is 570. The topological polar surface area (TPSA) is 25.8 Å². The third-order valence-corrected chi connectivity index (χ3v) is 2.91. The van der Waals surface area contributed by atoms with Gasteiger partial charge in [0.1, 0.15) is 11.6 Å². The Balaban J connectivity index is 2.72. The van der Waals surface area contributed by atoms with Crippen LogP contribution in [0.5, 0.6) is 0 Å². The van der Waals surface area contributed by atoms with Gasteiger partial charge in [-0.25, -0.2) is 18.7 Å². The van der Waals surface area contributed by atoms with Gasteiger partial charge >= 0.3 is 0 Å². The fourth-order valence-electron chi connectivity index (χ4n) is 1.42. The van der Waals surface area contributed by atoms with Crippen LogP contribution in [0.2, 0.25) is 5.28 Å². The lowest BCUT2D eigenvalue weighted by Crippen LogP contribution is -1.96. The molecule has 2 rings (SSSR count). The Morgan fingerprint density at radius 1 is 1.24 bits per heavy atom. The van der Waals surface area contributed by atoms with Gasteiger partial charge in [0.05, 0.1) is 15.7 Å². The number of aryl methyl sites for hydroxylation is 1. The van der Waals surface area contributed by atoms with Crippen LogP contribution in [0.4, 0.5) is 8.78 Å². The molecule has 1 aromatic carbocycles. The second-order valence-electron chi connectivity index (χ2n) is 3.38. The van der Waals surface area contributed by atoms with Crippen LogP contribution in [0.3, 0.4) is 0 Å². The van der Waals surface area contributed by atoms with Crippen molar-refractivity contribution in [3.8, 4) is 11.3 Å². The van der Waals surface area contributed by atoms with Crippen molar-refractivity contribution in [3.05, 3.63) is 45.3 Å². The highest BCUT2D eigenvalue weighted by Crippen LogP contribution is 2.30. The molecule has 0 atom stereocenters. The molecule has 0 aliphatic heterocycles. The highest BCUT2D eigenvalue weighted by atomic mass is 79.9. The quantitative estimate of drug-likeness (QED) is 0.583. The van der Waals surface area contributed by atoms with Crippen LogP contribution in [-0.2, 0) is 0 Å². The summed E-state index contributed by atoms with van der Waals surface area (Å²) in [5.74, 6) is -1.40. The average molecular weight is 320 g/mol. The van der Waals surface area contributed by atoms with Crippen LogP contribution < -0.4 is 0 Å². The Hall–Kier alpha value is -1.07. The normalized spacial score (nSPS) is 10.6. The number of aromatic nitrogens is 2. The van der Waals surface area contributed by atoms with E-state index in [0.717, 1.165) is 6.07 Å². The van der Waals surface area contributed by atoms with Crippen LogP contribution >= 0.6 is 27.5 Å².